The Bertz CT molecular complexity index is 341. The molecule has 1 aliphatic carbocycles. The van der Waals surface area contributed by atoms with E-state index in [0.717, 1.165) is 22.3 Å². The van der Waals surface area contributed by atoms with Crippen molar-refractivity contribution in [1.82, 2.24) is 15.1 Å². The van der Waals surface area contributed by atoms with Gasteiger partial charge in [-0.05, 0) is 32.7 Å². The Kier molecular flexibility index (Phi) is 2.54. The number of nitrogens with one attached hydrogen (secondary N) is 1. The highest BCUT2D eigenvalue weighted by Crippen LogP contribution is 2.42. The zero-order valence-electron chi connectivity index (χ0n) is 8.84. The van der Waals surface area contributed by atoms with E-state index >= 15 is 0 Å². The Morgan fingerprint density at radius 2 is 2.21 bits per heavy atom. The molecule has 1 aromatic heterocycles. The Labute approximate surface area is 89.4 Å². The van der Waals surface area contributed by atoms with Gasteiger partial charge in [0.15, 0.2) is 0 Å². The first-order chi connectivity index (χ1) is 6.65. The standard InChI is InChI=1S/C10H16ClN3/c1-6-8(11)10(14(3)13-6)9(12-2)7-4-5-7/h7,9,12H,4-5H2,1-3H3. The summed E-state index contributed by atoms with van der Waals surface area (Å²) in [6, 6.07) is 0.369. The first-order valence-corrected chi connectivity index (χ1v) is 5.39. The molecule has 0 aromatic carbocycles. The Morgan fingerprint density at radius 3 is 2.57 bits per heavy atom. The number of hydrogen-bond acceptors (Lipinski definition) is 2. The van der Waals surface area contributed by atoms with Gasteiger partial charge in [-0.2, -0.15) is 5.10 Å². The van der Waals surface area contributed by atoms with Gasteiger partial charge in [0.25, 0.3) is 0 Å². The van der Waals surface area contributed by atoms with Crippen molar-refractivity contribution < 1.29 is 0 Å². The van der Waals surface area contributed by atoms with Crippen molar-refractivity contribution >= 4 is 11.6 Å². The molecule has 0 bridgehead atoms. The maximum atomic E-state index is 6.24. The minimum Gasteiger partial charge on any atom is -0.311 e. The summed E-state index contributed by atoms with van der Waals surface area (Å²) in [5, 5.41) is 8.48. The fourth-order valence-corrected chi connectivity index (χ4v) is 2.29. The molecule has 2 rings (SSSR count). The fraction of sp³-hybridized carbons (Fsp3) is 0.700. The van der Waals surface area contributed by atoms with Crippen LogP contribution in [0.25, 0.3) is 0 Å². The number of nitrogens with zero attached hydrogens (tertiary/aromatic N) is 2. The highest BCUT2D eigenvalue weighted by molar-refractivity contribution is 6.31. The molecular formula is C10H16ClN3. The molecule has 0 saturated heterocycles. The Morgan fingerprint density at radius 1 is 1.57 bits per heavy atom. The maximum absolute atomic E-state index is 6.24. The number of aromatic nitrogens is 2. The summed E-state index contributed by atoms with van der Waals surface area (Å²) in [5.41, 5.74) is 2.05. The molecule has 0 aliphatic heterocycles. The lowest BCUT2D eigenvalue weighted by Crippen LogP contribution is -2.21. The van der Waals surface area contributed by atoms with Gasteiger partial charge >= 0.3 is 0 Å². The van der Waals surface area contributed by atoms with E-state index < -0.39 is 0 Å². The Hall–Kier alpha value is -0.540. The van der Waals surface area contributed by atoms with Crippen LogP contribution in [0.15, 0.2) is 0 Å². The topological polar surface area (TPSA) is 29.9 Å². The van der Waals surface area contributed by atoms with Gasteiger partial charge in [0.1, 0.15) is 0 Å². The maximum Gasteiger partial charge on any atom is 0.0863 e. The number of halogens is 1. The molecule has 4 heteroatoms. The predicted molar refractivity (Wildman–Crippen MR) is 57.5 cm³/mol. The van der Waals surface area contributed by atoms with Crippen LogP contribution in [0.2, 0.25) is 5.02 Å². The minimum absolute atomic E-state index is 0.369. The highest BCUT2D eigenvalue weighted by Gasteiger charge is 2.34. The van der Waals surface area contributed by atoms with Crippen LogP contribution in [-0.4, -0.2) is 16.8 Å². The summed E-state index contributed by atoms with van der Waals surface area (Å²) in [6.45, 7) is 1.95. The van der Waals surface area contributed by atoms with Crippen molar-refractivity contribution in [2.75, 3.05) is 7.05 Å². The van der Waals surface area contributed by atoms with E-state index in [1.807, 2.05) is 25.7 Å². The zero-order chi connectivity index (χ0) is 10.3. The molecule has 3 nitrogen and oxygen atoms in total. The largest absolute Gasteiger partial charge is 0.311 e. The normalized spacial score (nSPS) is 18.6. The summed E-state index contributed by atoms with van der Waals surface area (Å²) < 4.78 is 1.90. The monoisotopic (exact) mass is 213 g/mol. The van der Waals surface area contributed by atoms with E-state index in [2.05, 4.69) is 10.4 Å². The molecule has 1 aliphatic rings. The van der Waals surface area contributed by atoms with Gasteiger partial charge in [-0.3, -0.25) is 4.68 Å². The molecule has 0 spiro atoms. The fourth-order valence-electron chi connectivity index (χ4n) is 2.01. The van der Waals surface area contributed by atoms with Crippen molar-refractivity contribution in [2.45, 2.75) is 25.8 Å². The van der Waals surface area contributed by atoms with Crippen LogP contribution in [0, 0.1) is 12.8 Å². The quantitative estimate of drug-likeness (QED) is 0.833. The highest BCUT2D eigenvalue weighted by atomic mass is 35.5. The molecule has 0 amide bonds. The van der Waals surface area contributed by atoms with Crippen LogP contribution < -0.4 is 5.32 Å². The molecule has 1 atom stereocenters. The lowest BCUT2D eigenvalue weighted by Gasteiger charge is -2.16. The van der Waals surface area contributed by atoms with Crippen molar-refractivity contribution in [2.24, 2.45) is 13.0 Å². The van der Waals surface area contributed by atoms with Crippen molar-refractivity contribution in [1.29, 1.82) is 0 Å². The zero-order valence-corrected chi connectivity index (χ0v) is 9.60. The molecule has 0 radical (unpaired) electrons. The molecule has 14 heavy (non-hydrogen) atoms. The van der Waals surface area contributed by atoms with Gasteiger partial charge < -0.3 is 5.32 Å². The van der Waals surface area contributed by atoms with Gasteiger partial charge in [-0.15, -0.1) is 0 Å². The van der Waals surface area contributed by atoms with Gasteiger partial charge in [-0.1, -0.05) is 11.6 Å². The SMILES string of the molecule is CNC(c1c(Cl)c(C)nn1C)C1CC1. The lowest BCUT2D eigenvalue weighted by atomic mass is 10.1. The molecule has 1 unspecified atom stereocenters. The summed E-state index contributed by atoms with van der Waals surface area (Å²) in [6.07, 6.45) is 2.60. The summed E-state index contributed by atoms with van der Waals surface area (Å²) in [4.78, 5) is 0. The van der Waals surface area contributed by atoms with E-state index in [1.54, 1.807) is 0 Å². The van der Waals surface area contributed by atoms with Crippen LogP contribution >= 0.6 is 11.6 Å². The summed E-state index contributed by atoms with van der Waals surface area (Å²) in [5.74, 6) is 0.743. The third-order valence-electron chi connectivity index (χ3n) is 2.89. The molecular weight excluding hydrogens is 198 g/mol. The van der Waals surface area contributed by atoms with Crippen molar-refractivity contribution in [3.8, 4) is 0 Å². The molecule has 1 aromatic rings. The lowest BCUT2D eigenvalue weighted by molar-refractivity contribution is 0.488. The molecule has 1 fully saturated rings. The van der Waals surface area contributed by atoms with E-state index in [-0.39, 0.29) is 0 Å². The Balaban J connectivity index is 2.37. The minimum atomic E-state index is 0.369. The third kappa shape index (κ3) is 1.55. The number of rotatable bonds is 3. The molecule has 1 heterocycles. The second-order valence-electron chi connectivity index (χ2n) is 4.01. The van der Waals surface area contributed by atoms with Crippen LogP contribution in [0.3, 0.4) is 0 Å². The van der Waals surface area contributed by atoms with Crippen LogP contribution in [0.1, 0.15) is 30.3 Å². The molecule has 1 saturated carbocycles. The second kappa shape index (κ2) is 3.55. The van der Waals surface area contributed by atoms with Crippen molar-refractivity contribution in [3.05, 3.63) is 16.4 Å². The number of hydrogen-bond donors (Lipinski definition) is 1. The average Bonchev–Trinajstić information content (AvgIpc) is 2.91. The average molecular weight is 214 g/mol. The van der Waals surface area contributed by atoms with Gasteiger partial charge in [0.2, 0.25) is 0 Å². The smallest absolute Gasteiger partial charge is 0.0863 e. The summed E-state index contributed by atoms with van der Waals surface area (Å²) >= 11 is 6.24. The summed E-state index contributed by atoms with van der Waals surface area (Å²) in [7, 11) is 3.95. The van der Waals surface area contributed by atoms with Crippen LogP contribution in [-0.2, 0) is 7.05 Å². The molecule has 78 valence electrons. The first-order valence-electron chi connectivity index (χ1n) is 5.01. The van der Waals surface area contributed by atoms with E-state index in [1.165, 1.54) is 12.8 Å². The second-order valence-corrected chi connectivity index (χ2v) is 4.39. The van der Waals surface area contributed by atoms with E-state index in [0.29, 0.717) is 6.04 Å². The van der Waals surface area contributed by atoms with Gasteiger partial charge in [-0.25, -0.2) is 0 Å². The first kappa shape index (κ1) is 9.99. The molecule has 1 N–H and O–H groups in total. The van der Waals surface area contributed by atoms with Gasteiger partial charge in [0, 0.05) is 7.05 Å². The van der Waals surface area contributed by atoms with Gasteiger partial charge in [0.05, 0.1) is 22.5 Å². The third-order valence-corrected chi connectivity index (χ3v) is 3.36. The van der Waals surface area contributed by atoms with Crippen LogP contribution in [0.5, 0.6) is 0 Å². The van der Waals surface area contributed by atoms with Crippen molar-refractivity contribution in [3.63, 3.8) is 0 Å². The predicted octanol–water partition coefficient (Wildman–Crippen LogP) is 2.05. The number of aryl methyl sites for hydroxylation is 2. The van der Waals surface area contributed by atoms with E-state index in [4.69, 9.17) is 11.6 Å². The van der Waals surface area contributed by atoms with E-state index in [9.17, 15) is 0 Å². The van der Waals surface area contributed by atoms with Crippen LogP contribution in [0.4, 0.5) is 0 Å².